The zero-order chi connectivity index (χ0) is 18.0. The summed E-state index contributed by atoms with van der Waals surface area (Å²) in [5, 5.41) is 0.537. The zero-order valence-electron chi connectivity index (χ0n) is 13.7. The number of benzene rings is 2. The van der Waals surface area contributed by atoms with E-state index in [1.54, 1.807) is 50.2 Å². The minimum Gasteiger partial charge on any atom is -0.462 e. The molecule has 5 nitrogen and oxygen atoms in total. The van der Waals surface area contributed by atoms with Crippen molar-refractivity contribution in [2.45, 2.75) is 13.8 Å². The minimum absolute atomic E-state index is 0.261. The molecule has 0 amide bonds. The van der Waals surface area contributed by atoms with Gasteiger partial charge in [0.1, 0.15) is 22.7 Å². The summed E-state index contributed by atoms with van der Waals surface area (Å²) < 4.78 is 16.7. The van der Waals surface area contributed by atoms with Crippen molar-refractivity contribution in [3.05, 3.63) is 63.8 Å². The first-order valence-corrected chi connectivity index (χ1v) is 8.47. The fraction of sp³-hybridized carbons (Fsp3) is 0.158. The number of carbonyl (C=O) groups is 2. The third-order valence-electron chi connectivity index (χ3n) is 3.61. The minimum atomic E-state index is -0.487. The maximum absolute atomic E-state index is 12.3. The highest BCUT2D eigenvalue weighted by Crippen LogP contribution is 2.35. The van der Waals surface area contributed by atoms with Crippen LogP contribution in [0.2, 0.25) is 0 Å². The first kappa shape index (κ1) is 17.2. The molecule has 0 saturated carbocycles. The van der Waals surface area contributed by atoms with Crippen LogP contribution in [0.3, 0.4) is 0 Å². The maximum Gasteiger partial charge on any atom is 0.343 e. The number of hydrogen-bond donors (Lipinski definition) is 0. The topological polar surface area (TPSA) is 65.7 Å². The molecule has 0 spiro atoms. The van der Waals surface area contributed by atoms with E-state index in [0.29, 0.717) is 38.1 Å². The van der Waals surface area contributed by atoms with Gasteiger partial charge >= 0.3 is 11.9 Å². The Morgan fingerprint density at radius 2 is 1.84 bits per heavy atom. The zero-order valence-corrected chi connectivity index (χ0v) is 15.3. The lowest BCUT2D eigenvalue weighted by Gasteiger charge is -2.07. The summed E-state index contributed by atoms with van der Waals surface area (Å²) in [5.41, 5.74) is 1.27. The Morgan fingerprint density at radius 1 is 1.12 bits per heavy atom. The van der Waals surface area contributed by atoms with Gasteiger partial charge in [-0.25, -0.2) is 9.59 Å². The Kier molecular flexibility index (Phi) is 4.90. The van der Waals surface area contributed by atoms with Gasteiger partial charge in [0.15, 0.2) is 0 Å². The number of esters is 2. The van der Waals surface area contributed by atoms with E-state index in [0.717, 1.165) is 0 Å². The van der Waals surface area contributed by atoms with Crippen LogP contribution in [0.1, 0.15) is 33.4 Å². The largest absolute Gasteiger partial charge is 0.462 e. The average Bonchev–Trinajstić information content (AvgIpc) is 2.91. The number of furan rings is 1. The maximum atomic E-state index is 12.3. The van der Waals surface area contributed by atoms with Gasteiger partial charge in [-0.15, -0.1) is 0 Å². The monoisotopic (exact) mass is 402 g/mol. The summed E-state index contributed by atoms with van der Waals surface area (Å²) >= 11 is 3.37. The molecule has 1 aromatic heterocycles. The van der Waals surface area contributed by atoms with Crippen LogP contribution in [-0.2, 0) is 4.74 Å². The third-order valence-corrected chi connectivity index (χ3v) is 4.23. The smallest absolute Gasteiger partial charge is 0.343 e. The van der Waals surface area contributed by atoms with Gasteiger partial charge in [0.25, 0.3) is 0 Å². The number of carbonyl (C=O) groups excluding carboxylic acids is 2. The van der Waals surface area contributed by atoms with Crippen molar-refractivity contribution in [1.29, 1.82) is 0 Å². The van der Waals surface area contributed by atoms with Gasteiger partial charge in [-0.2, -0.15) is 0 Å². The Bertz CT molecular complexity index is 943. The summed E-state index contributed by atoms with van der Waals surface area (Å²) in [4.78, 5) is 24.4. The second kappa shape index (κ2) is 7.11. The summed E-state index contributed by atoms with van der Waals surface area (Å²) in [5.74, 6) is -0.209. The van der Waals surface area contributed by atoms with E-state index in [9.17, 15) is 9.59 Å². The van der Waals surface area contributed by atoms with Gasteiger partial charge in [-0.3, -0.25) is 0 Å². The van der Waals surface area contributed by atoms with Gasteiger partial charge in [0, 0.05) is 5.39 Å². The van der Waals surface area contributed by atoms with Gasteiger partial charge in [-0.05, 0) is 54.0 Å². The molecule has 128 valence electrons. The van der Waals surface area contributed by atoms with Crippen molar-refractivity contribution in [3.8, 4) is 5.75 Å². The van der Waals surface area contributed by atoms with Crippen molar-refractivity contribution >= 4 is 38.8 Å². The fourth-order valence-corrected chi connectivity index (χ4v) is 2.89. The number of halogens is 1. The molecule has 0 radical (unpaired) electrons. The molecule has 3 rings (SSSR count). The number of fused-ring (bicyclic) bond motifs is 1. The van der Waals surface area contributed by atoms with E-state index in [4.69, 9.17) is 13.9 Å². The second-order valence-corrected chi connectivity index (χ2v) is 6.14. The molecule has 0 bridgehead atoms. The summed E-state index contributed by atoms with van der Waals surface area (Å²) in [6.07, 6.45) is 0. The quantitative estimate of drug-likeness (QED) is 0.458. The Morgan fingerprint density at radius 3 is 2.52 bits per heavy atom. The Hall–Kier alpha value is -2.60. The van der Waals surface area contributed by atoms with Crippen molar-refractivity contribution in [3.63, 3.8) is 0 Å². The lowest BCUT2D eigenvalue weighted by Crippen LogP contribution is -2.09. The first-order valence-electron chi connectivity index (χ1n) is 7.68. The first-order chi connectivity index (χ1) is 12.0. The molecule has 3 aromatic rings. The SMILES string of the molecule is CCOC(=O)c1c(C)oc2cc(Br)c(OC(=O)c3ccccc3)cc12. The van der Waals surface area contributed by atoms with Crippen LogP contribution in [0, 0.1) is 6.92 Å². The molecular weight excluding hydrogens is 388 g/mol. The van der Waals surface area contributed by atoms with Gasteiger partial charge in [0.2, 0.25) is 0 Å². The highest BCUT2D eigenvalue weighted by atomic mass is 79.9. The van der Waals surface area contributed by atoms with Crippen molar-refractivity contribution in [1.82, 2.24) is 0 Å². The van der Waals surface area contributed by atoms with E-state index < -0.39 is 11.9 Å². The predicted molar refractivity (Wildman–Crippen MR) is 96.0 cm³/mol. The molecule has 0 N–H and O–H groups in total. The number of hydrogen-bond acceptors (Lipinski definition) is 5. The van der Waals surface area contributed by atoms with Crippen LogP contribution < -0.4 is 4.74 Å². The van der Waals surface area contributed by atoms with E-state index in [1.165, 1.54) is 0 Å². The van der Waals surface area contributed by atoms with Crippen LogP contribution in [-0.4, -0.2) is 18.5 Å². The van der Waals surface area contributed by atoms with E-state index in [2.05, 4.69) is 15.9 Å². The van der Waals surface area contributed by atoms with Crippen LogP contribution in [0.4, 0.5) is 0 Å². The standard InChI is InChI=1S/C19H15BrO5/c1-3-23-19(22)17-11(2)24-15-10-14(20)16(9-13(15)17)25-18(21)12-7-5-4-6-8-12/h4-10H,3H2,1-2H3. The van der Waals surface area contributed by atoms with Gasteiger partial charge < -0.3 is 13.9 Å². The second-order valence-electron chi connectivity index (χ2n) is 5.29. The van der Waals surface area contributed by atoms with Crippen LogP contribution in [0.5, 0.6) is 5.75 Å². The Balaban J connectivity index is 2.01. The highest BCUT2D eigenvalue weighted by molar-refractivity contribution is 9.10. The molecule has 0 aliphatic carbocycles. The number of aryl methyl sites for hydroxylation is 1. The molecule has 2 aromatic carbocycles. The predicted octanol–water partition coefficient (Wildman–Crippen LogP) is 4.90. The van der Waals surface area contributed by atoms with Crippen molar-refractivity contribution in [2.75, 3.05) is 6.61 Å². The van der Waals surface area contributed by atoms with E-state index >= 15 is 0 Å². The molecule has 0 unspecified atom stereocenters. The molecule has 0 atom stereocenters. The fourth-order valence-electron chi connectivity index (χ4n) is 2.49. The van der Waals surface area contributed by atoms with E-state index in [1.807, 2.05) is 6.07 Å². The highest BCUT2D eigenvalue weighted by Gasteiger charge is 2.22. The summed E-state index contributed by atoms with van der Waals surface area (Å²) in [6.45, 7) is 3.69. The molecule has 0 aliphatic rings. The molecule has 0 aliphatic heterocycles. The summed E-state index contributed by atoms with van der Waals surface area (Å²) in [6, 6.07) is 11.9. The average molecular weight is 403 g/mol. The number of ether oxygens (including phenoxy) is 2. The molecular formula is C19H15BrO5. The summed E-state index contributed by atoms with van der Waals surface area (Å²) in [7, 11) is 0. The molecule has 0 saturated heterocycles. The molecule has 1 heterocycles. The third kappa shape index (κ3) is 3.44. The van der Waals surface area contributed by atoms with Crippen LogP contribution in [0.15, 0.2) is 51.4 Å². The van der Waals surface area contributed by atoms with Gasteiger partial charge in [0.05, 0.1) is 16.6 Å². The number of rotatable bonds is 4. The van der Waals surface area contributed by atoms with Crippen LogP contribution in [0.25, 0.3) is 11.0 Å². The lowest BCUT2D eigenvalue weighted by molar-refractivity contribution is 0.0526. The molecule has 25 heavy (non-hydrogen) atoms. The van der Waals surface area contributed by atoms with Crippen LogP contribution >= 0.6 is 15.9 Å². The van der Waals surface area contributed by atoms with E-state index in [-0.39, 0.29) is 6.61 Å². The normalized spacial score (nSPS) is 10.7. The molecule has 0 fully saturated rings. The molecule has 6 heteroatoms. The Labute approximate surface area is 152 Å². The lowest BCUT2D eigenvalue weighted by atomic mass is 10.1. The van der Waals surface area contributed by atoms with Crippen molar-refractivity contribution in [2.24, 2.45) is 0 Å². The van der Waals surface area contributed by atoms with Gasteiger partial charge in [-0.1, -0.05) is 18.2 Å². The van der Waals surface area contributed by atoms with Crippen molar-refractivity contribution < 1.29 is 23.5 Å².